The Balaban J connectivity index is 1.67. The van der Waals surface area contributed by atoms with Crippen LogP contribution in [-0.4, -0.2) is 34.2 Å². The van der Waals surface area contributed by atoms with Crippen molar-refractivity contribution in [2.24, 2.45) is 0 Å². The molecule has 1 N–H and O–H groups in total. The van der Waals surface area contributed by atoms with Crippen molar-refractivity contribution in [3.8, 4) is 10.6 Å². The molecule has 1 aromatic heterocycles. The minimum absolute atomic E-state index is 0.168. The number of aryl methyl sites for hydroxylation is 1. The molecule has 1 aliphatic heterocycles. The maximum Gasteiger partial charge on any atom is 0.123 e. The Labute approximate surface area is 130 Å². The number of hydrogen-bond donors (Lipinski definition) is 1. The minimum atomic E-state index is -0.168. The van der Waals surface area contributed by atoms with E-state index in [-0.39, 0.29) is 6.10 Å². The van der Waals surface area contributed by atoms with Crippen molar-refractivity contribution in [2.45, 2.75) is 38.8 Å². The molecule has 0 saturated carbocycles. The predicted molar refractivity (Wildman–Crippen MR) is 87.4 cm³/mol. The molecular weight excluding hydrogens is 280 g/mol. The van der Waals surface area contributed by atoms with Crippen molar-refractivity contribution < 1.29 is 5.11 Å². The molecule has 1 saturated heterocycles. The molecule has 2 heterocycles. The van der Waals surface area contributed by atoms with Gasteiger partial charge < -0.3 is 5.11 Å². The highest BCUT2D eigenvalue weighted by molar-refractivity contribution is 7.13. The number of piperidine rings is 1. The van der Waals surface area contributed by atoms with Gasteiger partial charge in [-0.15, -0.1) is 11.3 Å². The number of nitrogens with zero attached hydrogens (tertiary/aromatic N) is 2. The molecule has 0 amide bonds. The number of aliphatic hydroxyl groups is 1. The summed E-state index contributed by atoms with van der Waals surface area (Å²) in [5, 5.41) is 13.0. The maximum absolute atomic E-state index is 9.73. The third kappa shape index (κ3) is 3.70. The monoisotopic (exact) mass is 302 g/mol. The van der Waals surface area contributed by atoms with E-state index in [1.54, 1.807) is 11.3 Å². The Bertz CT molecular complexity index is 579. The van der Waals surface area contributed by atoms with Crippen molar-refractivity contribution in [2.75, 3.05) is 13.1 Å². The Hall–Kier alpha value is -1.23. The first-order valence-electron chi connectivity index (χ1n) is 7.68. The van der Waals surface area contributed by atoms with Gasteiger partial charge in [0, 0.05) is 24.0 Å². The molecule has 0 bridgehead atoms. The molecule has 1 fully saturated rings. The Morgan fingerprint density at radius 3 is 2.86 bits per heavy atom. The zero-order valence-electron chi connectivity index (χ0n) is 12.5. The zero-order valence-corrected chi connectivity index (χ0v) is 13.3. The molecular formula is C17H22N2OS. The topological polar surface area (TPSA) is 36.4 Å². The van der Waals surface area contributed by atoms with Gasteiger partial charge in [0.05, 0.1) is 11.8 Å². The van der Waals surface area contributed by atoms with Crippen molar-refractivity contribution in [1.29, 1.82) is 0 Å². The number of β-amino-alcohol motifs (C(OH)–C–C–N with tert-alkyl or cyclic N) is 1. The number of benzene rings is 1. The Morgan fingerprint density at radius 2 is 2.14 bits per heavy atom. The third-order valence-electron chi connectivity index (χ3n) is 4.03. The van der Waals surface area contributed by atoms with E-state index in [0.29, 0.717) is 0 Å². The summed E-state index contributed by atoms with van der Waals surface area (Å²) in [7, 11) is 0. The van der Waals surface area contributed by atoms with E-state index in [4.69, 9.17) is 4.98 Å². The molecule has 1 aromatic carbocycles. The van der Waals surface area contributed by atoms with Crippen LogP contribution in [0, 0.1) is 0 Å². The standard InChI is InChI=1S/C17H22N2OS/c1-2-13-5-7-14(8-6-13)17-18-15(12-21-17)10-19-9-3-4-16(20)11-19/h5-8,12,16,20H,2-4,9-11H2,1H3. The molecule has 3 rings (SSSR count). The maximum atomic E-state index is 9.73. The molecule has 1 aliphatic rings. The van der Waals surface area contributed by atoms with Gasteiger partial charge in [-0.25, -0.2) is 4.98 Å². The van der Waals surface area contributed by atoms with E-state index in [2.05, 4.69) is 41.5 Å². The molecule has 0 aliphatic carbocycles. The molecule has 1 atom stereocenters. The van der Waals surface area contributed by atoms with Gasteiger partial charge in [-0.05, 0) is 31.4 Å². The van der Waals surface area contributed by atoms with Crippen LogP contribution in [0.1, 0.15) is 31.0 Å². The lowest BCUT2D eigenvalue weighted by atomic mass is 10.1. The molecule has 1 unspecified atom stereocenters. The van der Waals surface area contributed by atoms with Crippen LogP contribution in [0.2, 0.25) is 0 Å². The molecule has 2 aromatic rings. The van der Waals surface area contributed by atoms with E-state index in [1.807, 2.05) is 0 Å². The summed E-state index contributed by atoms with van der Waals surface area (Å²) in [6.45, 7) is 4.86. The first-order chi connectivity index (χ1) is 10.2. The number of aromatic nitrogens is 1. The van der Waals surface area contributed by atoms with Crippen LogP contribution in [-0.2, 0) is 13.0 Å². The fourth-order valence-electron chi connectivity index (χ4n) is 2.80. The lowest BCUT2D eigenvalue weighted by Crippen LogP contribution is -2.37. The Morgan fingerprint density at radius 1 is 1.33 bits per heavy atom. The van der Waals surface area contributed by atoms with Crippen LogP contribution in [0.4, 0.5) is 0 Å². The van der Waals surface area contributed by atoms with Gasteiger partial charge in [-0.1, -0.05) is 31.2 Å². The van der Waals surface area contributed by atoms with Crippen molar-refractivity contribution in [3.05, 3.63) is 40.9 Å². The third-order valence-corrected chi connectivity index (χ3v) is 4.97. The predicted octanol–water partition coefficient (Wildman–Crippen LogP) is 3.33. The van der Waals surface area contributed by atoms with Gasteiger partial charge in [0.15, 0.2) is 0 Å². The fourth-order valence-corrected chi connectivity index (χ4v) is 3.62. The molecule has 21 heavy (non-hydrogen) atoms. The van der Waals surface area contributed by atoms with Crippen LogP contribution in [0.15, 0.2) is 29.6 Å². The van der Waals surface area contributed by atoms with Crippen molar-refractivity contribution in [3.63, 3.8) is 0 Å². The zero-order chi connectivity index (χ0) is 14.7. The number of rotatable bonds is 4. The van der Waals surface area contributed by atoms with E-state index >= 15 is 0 Å². The molecule has 0 spiro atoms. The summed E-state index contributed by atoms with van der Waals surface area (Å²) >= 11 is 1.71. The molecule has 0 radical (unpaired) electrons. The van der Waals surface area contributed by atoms with Crippen LogP contribution in [0.3, 0.4) is 0 Å². The van der Waals surface area contributed by atoms with Crippen LogP contribution < -0.4 is 0 Å². The molecule has 4 heteroatoms. The first kappa shape index (κ1) is 14.7. The van der Waals surface area contributed by atoms with Gasteiger partial charge in [-0.2, -0.15) is 0 Å². The van der Waals surface area contributed by atoms with Crippen LogP contribution in [0.5, 0.6) is 0 Å². The van der Waals surface area contributed by atoms with E-state index in [1.165, 1.54) is 11.1 Å². The average Bonchev–Trinajstić information content (AvgIpc) is 2.96. The lowest BCUT2D eigenvalue weighted by molar-refractivity contribution is 0.0663. The normalized spacial score (nSPS) is 19.8. The van der Waals surface area contributed by atoms with Crippen molar-refractivity contribution in [1.82, 2.24) is 9.88 Å². The highest BCUT2D eigenvalue weighted by atomic mass is 32.1. The second-order valence-electron chi connectivity index (χ2n) is 5.73. The SMILES string of the molecule is CCc1ccc(-c2nc(CN3CCCC(O)C3)cs2)cc1. The fraction of sp³-hybridized carbons (Fsp3) is 0.471. The summed E-state index contributed by atoms with van der Waals surface area (Å²) in [6.07, 6.45) is 2.92. The first-order valence-corrected chi connectivity index (χ1v) is 8.56. The van der Waals surface area contributed by atoms with Crippen LogP contribution in [0.25, 0.3) is 10.6 Å². The van der Waals surface area contributed by atoms with Gasteiger partial charge >= 0.3 is 0 Å². The summed E-state index contributed by atoms with van der Waals surface area (Å²) < 4.78 is 0. The van der Waals surface area contributed by atoms with Gasteiger partial charge in [0.1, 0.15) is 5.01 Å². The second-order valence-corrected chi connectivity index (χ2v) is 6.58. The van der Waals surface area contributed by atoms with E-state index in [0.717, 1.165) is 49.6 Å². The minimum Gasteiger partial charge on any atom is -0.392 e. The average molecular weight is 302 g/mol. The van der Waals surface area contributed by atoms with E-state index < -0.39 is 0 Å². The summed E-state index contributed by atoms with van der Waals surface area (Å²) in [5.41, 5.74) is 3.67. The lowest BCUT2D eigenvalue weighted by Gasteiger charge is -2.29. The number of thiazole rings is 1. The smallest absolute Gasteiger partial charge is 0.123 e. The number of likely N-dealkylation sites (tertiary alicyclic amines) is 1. The summed E-state index contributed by atoms with van der Waals surface area (Å²) in [4.78, 5) is 7.05. The summed E-state index contributed by atoms with van der Waals surface area (Å²) in [5.74, 6) is 0. The van der Waals surface area contributed by atoms with Crippen molar-refractivity contribution >= 4 is 11.3 Å². The summed E-state index contributed by atoms with van der Waals surface area (Å²) in [6, 6.07) is 8.67. The Kier molecular flexibility index (Phi) is 4.68. The highest BCUT2D eigenvalue weighted by Crippen LogP contribution is 2.25. The van der Waals surface area contributed by atoms with Crippen LogP contribution >= 0.6 is 11.3 Å². The number of aliphatic hydroxyl groups excluding tert-OH is 1. The van der Waals surface area contributed by atoms with Gasteiger partial charge in [0.2, 0.25) is 0 Å². The largest absolute Gasteiger partial charge is 0.392 e. The highest BCUT2D eigenvalue weighted by Gasteiger charge is 2.18. The van der Waals surface area contributed by atoms with Gasteiger partial charge in [0.25, 0.3) is 0 Å². The second kappa shape index (κ2) is 6.69. The number of hydrogen-bond acceptors (Lipinski definition) is 4. The van der Waals surface area contributed by atoms with E-state index in [9.17, 15) is 5.11 Å². The van der Waals surface area contributed by atoms with Gasteiger partial charge in [-0.3, -0.25) is 4.90 Å². The quantitative estimate of drug-likeness (QED) is 0.941. The molecule has 3 nitrogen and oxygen atoms in total. The molecule has 112 valence electrons.